The first-order valence-electron chi connectivity index (χ1n) is 10.9. The zero-order valence-electron chi connectivity index (χ0n) is 17.5. The van der Waals surface area contributed by atoms with Gasteiger partial charge in [-0.1, -0.05) is 42.0 Å². The standard InChI is InChI=1S/C23H36N4O/c1-3-24-23(25-14-9-20-12-17-28-18-13-20)26-22-10-15-27(16-11-22)19(2)21-7-5-4-6-8-21/h4-8,12,19,22H,3,9-11,13-18H2,1-2H3,(H2,24,25,26). The lowest BCUT2D eigenvalue weighted by molar-refractivity contribution is 0.153. The number of nitrogens with one attached hydrogen (secondary N) is 2. The van der Waals surface area contributed by atoms with Crippen LogP contribution in [0, 0.1) is 0 Å². The quantitative estimate of drug-likeness (QED) is 0.429. The molecule has 1 fully saturated rings. The van der Waals surface area contributed by atoms with E-state index in [1.807, 2.05) is 0 Å². The third-order valence-corrected chi connectivity index (χ3v) is 5.80. The molecule has 0 bridgehead atoms. The zero-order chi connectivity index (χ0) is 19.6. The Balaban J connectivity index is 1.45. The molecule has 1 atom stereocenters. The van der Waals surface area contributed by atoms with Crippen LogP contribution in [0.4, 0.5) is 0 Å². The minimum atomic E-state index is 0.483. The van der Waals surface area contributed by atoms with Crippen LogP contribution >= 0.6 is 0 Å². The molecule has 2 N–H and O–H groups in total. The van der Waals surface area contributed by atoms with Gasteiger partial charge in [0.05, 0.1) is 13.2 Å². The molecule has 2 heterocycles. The summed E-state index contributed by atoms with van der Waals surface area (Å²) in [6.45, 7) is 10.0. The van der Waals surface area contributed by atoms with E-state index in [0.717, 1.165) is 71.0 Å². The topological polar surface area (TPSA) is 48.9 Å². The number of rotatable bonds is 7. The molecule has 2 aliphatic heterocycles. The number of hydrogen-bond acceptors (Lipinski definition) is 3. The van der Waals surface area contributed by atoms with Gasteiger partial charge in [-0.3, -0.25) is 9.89 Å². The molecule has 2 aliphatic rings. The first kappa shape index (κ1) is 20.9. The maximum Gasteiger partial charge on any atom is 0.191 e. The number of nitrogens with zero attached hydrogens (tertiary/aromatic N) is 2. The molecule has 0 radical (unpaired) electrons. The highest BCUT2D eigenvalue weighted by atomic mass is 16.5. The number of benzene rings is 1. The van der Waals surface area contributed by atoms with Crippen molar-refractivity contribution in [2.75, 3.05) is 39.4 Å². The normalized spacial score (nSPS) is 20.5. The van der Waals surface area contributed by atoms with Crippen molar-refractivity contribution < 1.29 is 4.74 Å². The van der Waals surface area contributed by atoms with E-state index in [1.165, 1.54) is 11.1 Å². The Morgan fingerprint density at radius 1 is 1.25 bits per heavy atom. The Kier molecular flexibility index (Phi) is 8.37. The van der Waals surface area contributed by atoms with E-state index in [0.29, 0.717) is 12.1 Å². The zero-order valence-corrected chi connectivity index (χ0v) is 17.5. The predicted octanol–water partition coefficient (Wildman–Crippen LogP) is 3.50. The molecule has 0 spiro atoms. The van der Waals surface area contributed by atoms with Gasteiger partial charge in [0.15, 0.2) is 5.96 Å². The lowest BCUT2D eigenvalue weighted by atomic mass is 10.0. The van der Waals surface area contributed by atoms with Crippen LogP contribution in [-0.4, -0.2) is 56.3 Å². The van der Waals surface area contributed by atoms with Gasteiger partial charge in [-0.15, -0.1) is 0 Å². The average Bonchev–Trinajstić information content (AvgIpc) is 2.75. The first-order valence-corrected chi connectivity index (χ1v) is 10.9. The summed E-state index contributed by atoms with van der Waals surface area (Å²) in [5.41, 5.74) is 2.89. The van der Waals surface area contributed by atoms with Crippen molar-refractivity contribution in [2.45, 2.75) is 51.6 Å². The van der Waals surface area contributed by atoms with Gasteiger partial charge < -0.3 is 15.4 Å². The van der Waals surface area contributed by atoms with Crippen molar-refractivity contribution >= 4 is 5.96 Å². The number of likely N-dealkylation sites (tertiary alicyclic amines) is 1. The number of aliphatic imine (C=N–C) groups is 1. The van der Waals surface area contributed by atoms with Gasteiger partial charge in [0.25, 0.3) is 0 Å². The summed E-state index contributed by atoms with van der Waals surface area (Å²) in [5.74, 6) is 0.963. The number of ether oxygens (including phenoxy) is 1. The van der Waals surface area contributed by atoms with Crippen molar-refractivity contribution in [1.29, 1.82) is 0 Å². The van der Waals surface area contributed by atoms with Gasteiger partial charge in [0.1, 0.15) is 0 Å². The minimum Gasteiger partial charge on any atom is -0.377 e. The third kappa shape index (κ3) is 6.35. The van der Waals surface area contributed by atoms with Gasteiger partial charge >= 0.3 is 0 Å². The number of guanidine groups is 1. The van der Waals surface area contributed by atoms with E-state index in [9.17, 15) is 0 Å². The summed E-state index contributed by atoms with van der Waals surface area (Å²) in [6, 6.07) is 11.8. The molecule has 1 aromatic rings. The average molecular weight is 385 g/mol. The largest absolute Gasteiger partial charge is 0.377 e. The first-order chi connectivity index (χ1) is 13.8. The Morgan fingerprint density at radius 3 is 2.71 bits per heavy atom. The lowest BCUT2D eigenvalue weighted by Crippen LogP contribution is -2.49. The van der Waals surface area contributed by atoms with Gasteiger partial charge in [-0.25, -0.2) is 0 Å². The molecule has 1 unspecified atom stereocenters. The molecular weight excluding hydrogens is 348 g/mol. The Hall–Kier alpha value is -1.85. The molecule has 5 nitrogen and oxygen atoms in total. The monoisotopic (exact) mass is 384 g/mol. The van der Waals surface area contributed by atoms with Crippen molar-refractivity contribution in [3.63, 3.8) is 0 Å². The Labute approximate surface area is 170 Å². The molecule has 5 heteroatoms. The van der Waals surface area contributed by atoms with Crippen LogP contribution in [0.5, 0.6) is 0 Å². The molecule has 1 saturated heterocycles. The van der Waals surface area contributed by atoms with Gasteiger partial charge in [-0.05, 0) is 45.1 Å². The lowest BCUT2D eigenvalue weighted by Gasteiger charge is -2.37. The van der Waals surface area contributed by atoms with E-state index in [4.69, 9.17) is 9.73 Å². The predicted molar refractivity (Wildman–Crippen MR) is 117 cm³/mol. The summed E-state index contributed by atoms with van der Waals surface area (Å²) in [6.07, 6.45) is 6.61. The highest BCUT2D eigenvalue weighted by Crippen LogP contribution is 2.24. The highest BCUT2D eigenvalue weighted by Gasteiger charge is 2.24. The van der Waals surface area contributed by atoms with Crippen molar-refractivity contribution in [1.82, 2.24) is 15.5 Å². The van der Waals surface area contributed by atoms with Gasteiger partial charge in [0, 0.05) is 38.3 Å². The van der Waals surface area contributed by atoms with Crippen LogP contribution in [0.1, 0.15) is 51.1 Å². The molecule has 0 amide bonds. The molecule has 1 aromatic carbocycles. The second kappa shape index (κ2) is 11.2. The Bertz CT molecular complexity index is 635. The van der Waals surface area contributed by atoms with Crippen LogP contribution in [0.25, 0.3) is 0 Å². The second-order valence-corrected chi connectivity index (χ2v) is 7.74. The molecule has 0 saturated carbocycles. The maximum absolute atomic E-state index is 5.38. The van der Waals surface area contributed by atoms with E-state index in [2.05, 4.69) is 65.8 Å². The van der Waals surface area contributed by atoms with E-state index < -0.39 is 0 Å². The van der Waals surface area contributed by atoms with Crippen LogP contribution in [0.2, 0.25) is 0 Å². The van der Waals surface area contributed by atoms with E-state index >= 15 is 0 Å². The van der Waals surface area contributed by atoms with Gasteiger partial charge in [-0.2, -0.15) is 0 Å². The summed E-state index contributed by atoms with van der Waals surface area (Å²) in [5, 5.41) is 7.07. The molecular formula is C23H36N4O. The number of piperidine rings is 1. The van der Waals surface area contributed by atoms with E-state index in [-0.39, 0.29) is 0 Å². The highest BCUT2D eigenvalue weighted by molar-refractivity contribution is 5.80. The molecule has 0 aliphatic carbocycles. The summed E-state index contributed by atoms with van der Waals surface area (Å²) >= 11 is 0. The fourth-order valence-corrected chi connectivity index (χ4v) is 3.99. The van der Waals surface area contributed by atoms with Crippen molar-refractivity contribution in [2.24, 2.45) is 4.99 Å². The van der Waals surface area contributed by atoms with Crippen LogP contribution in [0.3, 0.4) is 0 Å². The Morgan fingerprint density at radius 2 is 2.04 bits per heavy atom. The van der Waals surface area contributed by atoms with Crippen LogP contribution in [-0.2, 0) is 4.74 Å². The fourth-order valence-electron chi connectivity index (χ4n) is 3.99. The summed E-state index contributed by atoms with van der Waals surface area (Å²) in [7, 11) is 0. The minimum absolute atomic E-state index is 0.483. The van der Waals surface area contributed by atoms with Crippen LogP contribution in [0.15, 0.2) is 47.0 Å². The second-order valence-electron chi connectivity index (χ2n) is 7.74. The SMILES string of the molecule is CCNC(=NCCC1=CCOCC1)NC1CCN(C(C)c2ccccc2)CC1. The van der Waals surface area contributed by atoms with Gasteiger partial charge in [0.2, 0.25) is 0 Å². The van der Waals surface area contributed by atoms with Crippen LogP contribution < -0.4 is 10.6 Å². The number of hydrogen-bond donors (Lipinski definition) is 2. The van der Waals surface area contributed by atoms with E-state index in [1.54, 1.807) is 0 Å². The molecule has 3 rings (SSSR count). The van der Waals surface area contributed by atoms with Crippen molar-refractivity contribution in [3.8, 4) is 0 Å². The molecule has 0 aromatic heterocycles. The maximum atomic E-state index is 5.38. The summed E-state index contributed by atoms with van der Waals surface area (Å²) in [4.78, 5) is 7.40. The smallest absolute Gasteiger partial charge is 0.191 e. The summed E-state index contributed by atoms with van der Waals surface area (Å²) < 4.78 is 5.38. The third-order valence-electron chi connectivity index (χ3n) is 5.80. The molecule has 154 valence electrons. The fraction of sp³-hybridized carbons (Fsp3) is 0.609. The van der Waals surface area contributed by atoms with Crippen molar-refractivity contribution in [3.05, 3.63) is 47.5 Å². The molecule has 28 heavy (non-hydrogen) atoms.